The lowest BCUT2D eigenvalue weighted by molar-refractivity contribution is 0.0231. The van der Waals surface area contributed by atoms with Crippen molar-refractivity contribution in [3.05, 3.63) is 23.1 Å². The van der Waals surface area contributed by atoms with Crippen LogP contribution in [0.5, 0.6) is 0 Å². The highest BCUT2D eigenvalue weighted by Gasteiger charge is 2.20. The van der Waals surface area contributed by atoms with Crippen LogP contribution in [0.2, 0.25) is 5.02 Å². The fraction of sp³-hybridized carbons (Fsp3) is 0.545. The monoisotopic (exact) mass is 244 g/mol. The number of hydrogen-bond donors (Lipinski definition) is 1. The fourth-order valence-electron chi connectivity index (χ4n) is 1.84. The topological polar surface area (TPSA) is 34.2 Å². The lowest BCUT2D eigenvalue weighted by Crippen LogP contribution is -2.33. The predicted octanol–water partition coefficient (Wildman–Crippen LogP) is 2.85. The molecule has 1 N–H and O–H groups in total. The second-order valence-corrected chi connectivity index (χ2v) is 4.47. The molecule has 2 heterocycles. The summed E-state index contributed by atoms with van der Waals surface area (Å²) in [6.07, 6.45) is 3.38. The summed E-state index contributed by atoms with van der Waals surface area (Å²) < 4.78 is 18.9. The van der Waals surface area contributed by atoms with Crippen molar-refractivity contribution in [1.29, 1.82) is 0 Å². The molecule has 1 aliphatic heterocycles. The SMILES string of the molecule is CC1CC(Nc2ncc(Cl)cc2F)CCO1. The van der Waals surface area contributed by atoms with Crippen molar-refractivity contribution in [3.8, 4) is 0 Å². The van der Waals surface area contributed by atoms with Gasteiger partial charge in [-0.3, -0.25) is 0 Å². The summed E-state index contributed by atoms with van der Waals surface area (Å²) in [5.74, 6) is -0.143. The maximum absolute atomic E-state index is 13.5. The Morgan fingerprint density at radius 3 is 3.12 bits per heavy atom. The zero-order chi connectivity index (χ0) is 11.5. The molecular formula is C11H14ClFN2O. The molecule has 0 spiro atoms. The normalized spacial score (nSPS) is 25.4. The van der Waals surface area contributed by atoms with Gasteiger partial charge in [0.25, 0.3) is 0 Å². The van der Waals surface area contributed by atoms with Crippen LogP contribution < -0.4 is 5.32 Å². The summed E-state index contributed by atoms with van der Waals surface area (Å²) in [5, 5.41) is 3.39. The van der Waals surface area contributed by atoms with Crippen molar-refractivity contribution < 1.29 is 9.13 Å². The average molecular weight is 245 g/mol. The summed E-state index contributed by atoms with van der Waals surface area (Å²) in [5.41, 5.74) is 0. The highest BCUT2D eigenvalue weighted by Crippen LogP contribution is 2.20. The van der Waals surface area contributed by atoms with Gasteiger partial charge in [-0.1, -0.05) is 11.6 Å². The molecule has 2 unspecified atom stereocenters. The molecule has 1 saturated heterocycles. The summed E-state index contributed by atoms with van der Waals surface area (Å²) in [7, 11) is 0. The Kier molecular flexibility index (Phi) is 3.61. The van der Waals surface area contributed by atoms with Crippen LogP contribution in [0.3, 0.4) is 0 Å². The summed E-state index contributed by atoms with van der Waals surface area (Å²) >= 11 is 5.63. The van der Waals surface area contributed by atoms with Crippen LogP contribution in [-0.4, -0.2) is 23.7 Å². The van der Waals surface area contributed by atoms with Gasteiger partial charge < -0.3 is 10.1 Å². The highest BCUT2D eigenvalue weighted by atomic mass is 35.5. The number of hydrogen-bond acceptors (Lipinski definition) is 3. The number of anilines is 1. The predicted molar refractivity (Wildman–Crippen MR) is 61.3 cm³/mol. The minimum Gasteiger partial charge on any atom is -0.378 e. The summed E-state index contributed by atoms with van der Waals surface area (Å²) in [4.78, 5) is 3.94. The van der Waals surface area contributed by atoms with Crippen LogP contribution in [0.15, 0.2) is 12.3 Å². The number of pyridine rings is 1. The summed E-state index contributed by atoms with van der Waals surface area (Å²) in [6.45, 7) is 2.72. The van der Waals surface area contributed by atoms with E-state index in [0.717, 1.165) is 12.8 Å². The third-order valence-electron chi connectivity index (χ3n) is 2.63. The molecular weight excluding hydrogens is 231 g/mol. The third-order valence-corrected chi connectivity index (χ3v) is 2.84. The van der Waals surface area contributed by atoms with Gasteiger partial charge in [-0.2, -0.15) is 0 Å². The standard InChI is InChI=1S/C11H14ClFN2O/c1-7-4-9(2-3-16-7)15-11-10(13)5-8(12)6-14-11/h5-7,9H,2-4H2,1H3,(H,14,15). The number of nitrogens with zero attached hydrogens (tertiary/aromatic N) is 1. The van der Waals surface area contributed by atoms with Crippen molar-refractivity contribution in [2.24, 2.45) is 0 Å². The molecule has 1 aromatic heterocycles. The Morgan fingerprint density at radius 1 is 1.62 bits per heavy atom. The van der Waals surface area contributed by atoms with Gasteiger partial charge in [-0.15, -0.1) is 0 Å². The minimum atomic E-state index is -0.411. The van der Waals surface area contributed by atoms with Gasteiger partial charge in [0.1, 0.15) is 0 Å². The molecule has 1 aromatic rings. The minimum absolute atomic E-state index is 0.210. The van der Waals surface area contributed by atoms with Gasteiger partial charge in [0, 0.05) is 18.8 Å². The van der Waals surface area contributed by atoms with E-state index in [1.165, 1.54) is 12.3 Å². The molecule has 0 aliphatic carbocycles. The van der Waals surface area contributed by atoms with Crippen LogP contribution in [0.1, 0.15) is 19.8 Å². The van der Waals surface area contributed by atoms with Gasteiger partial charge in [0.2, 0.25) is 0 Å². The average Bonchev–Trinajstić information content (AvgIpc) is 2.22. The van der Waals surface area contributed by atoms with Crippen molar-refractivity contribution in [2.75, 3.05) is 11.9 Å². The van der Waals surface area contributed by atoms with E-state index < -0.39 is 5.82 Å². The van der Waals surface area contributed by atoms with Crippen LogP contribution >= 0.6 is 11.6 Å². The number of halogens is 2. The van der Waals surface area contributed by atoms with E-state index in [9.17, 15) is 4.39 Å². The van der Waals surface area contributed by atoms with Crippen LogP contribution in [0, 0.1) is 5.82 Å². The molecule has 5 heteroatoms. The number of aromatic nitrogens is 1. The molecule has 1 fully saturated rings. The lowest BCUT2D eigenvalue weighted by Gasteiger charge is -2.28. The zero-order valence-corrected chi connectivity index (χ0v) is 9.80. The first kappa shape index (κ1) is 11.6. The Labute approximate surface area is 99.0 Å². The third kappa shape index (κ3) is 2.83. The van der Waals surface area contributed by atoms with E-state index in [1.807, 2.05) is 6.92 Å². The Balaban J connectivity index is 2.02. The smallest absolute Gasteiger partial charge is 0.166 e. The van der Waals surface area contributed by atoms with Gasteiger partial charge in [0.05, 0.1) is 11.1 Å². The zero-order valence-electron chi connectivity index (χ0n) is 9.04. The first-order valence-electron chi connectivity index (χ1n) is 5.34. The van der Waals surface area contributed by atoms with E-state index in [-0.39, 0.29) is 18.0 Å². The molecule has 0 bridgehead atoms. The van der Waals surface area contributed by atoms with Gasteiger partial charge in [-0.05, 0) is 25.8 Å². The van der Waals surface area contributed by atoms with Crippen molar-refractivity contribution in [1.82, 2.24) is 4.98 Å². The lowest BCUT2D eigenvalue weighted by atomic mass is 10.0. The summed E-state index contributed by atoms with van der Waals surface area (Å²) in [6, 6.07) is 1.48. The van der Waals surface area contributed by atoms with Gasteiger partial charge in [0.15, 0.2) is 11.6 Å². The van der Waals surface area contributed by atoms with Crippen molar-refractivity contribution in [2.45, 2.75) is 31.9 Å². The van der Waals surface area contributed by atoms with Crippen LogP contribution in [0.4, 0.5) is 10.2 Å². The van der Waals surface area contributed by atoms with E-state index in [1.54, 1.807) is 0 Å². The molecule has 0 aromatic carbocycles. The van der Waals surface area contributed by atoms with Crippen LogP contribution in [0.25, 0.3) is 0 Å². The molecule has 3 nitrogen and oxygen atoms in total. The number of rotatable bonds is 2. The van der Waals surface area contributed by atoms with E-state index in [2.05, 4.69) is 10.3 Å². The maximum Gasteiger partial charge on any atom is 0.166 e. The molecule has 2 atom stereocenters. The quantitative estimate of drug-likeness (QED) is 0.869. The van der Waals surface area contributed by atoms with Crippen molar-refractivity contribution >= 4 is 17.4 Å². The van der Waals surface area contributed by atoms with Gasteiger partial charge in [-0.25, -0.2) is 9.37 Å². The second kappa shape index (κ2) is 4.97. The first-order valence-corrected chi connectivity index (χ1v) is 5.72. The van der Waals surface area contributed by atoms with Gasteiger partial charge >= 0.3 is 0 Å². The van der Waals surface area contributed by atoms with E-state index in [4.69, 9.17) is 16.3 Å². The largest absolute Gasteiger partial charge is 0.378 e. The molecule has 16 heavy (non-hydrogen) atoms. The molecule has 0 radical (unpaired) electrons. The molecule has 0 amide bonds. The first-order chi connectivity index (χ1) is 7.65. The molecule has 0 saturated carbocycles. The Morgan fingerprint density at radius 2 is 2.44 bits per heavy atom. The molecule has 88 valence electrons. The maximum atomic E-state index is 13.5. The van der Waals surface area contributed by atoms with Crippen molar-refractivity contribution in [3.63, 3.8) is 0 Å². The van der Waals surface area contributed by atoms with E-state index in [0.29, 0.717) is 11.6 Å². The van der Waals surface area contributed by atoms with Crippen LogP contribution in [-0.2, 0) is 4.74 Å². The molecule has 2 rings (SSSR count). The highest BCUT2D eigenvalue weighted by molar-refractivity contribution is 6.30. The Bertz CT molecular complexity index is 375. The number of nitrogens with one attached hydrogen (secondary N) is 1. The molecule has 1 aliphatic rings. The Hall–Kier alpha value is -0.870. The second-order valence-electron chi connectivity index (χ2n) is 4.03. The van der Waals surface area contributed by atoms with E-state index >= 15 is 0 Å². The fourth-order valence-corrected chi connectivity index (χ4v) is 1.99. The number of ether oxygens (including phenoxy) is 1.